The summed E-state index contributed by atoms with van der Waals surface area (Å²) in [5.74, 6) is -0.760. The van der Waals surface area contributed by atoms with Gasteiger partial charge in [-0.05, 0) is 36.8 Å². The standard InChI is InChI=1S/C18H13F3N2O2/c1-10-13-7-2-3-8-14(13)23-17(25)15(10)16(24)22-12-6-4-5-11(9-12)18(19,20)21/h2-9H,1H3,(H,22,24)(H,23,25). The number of carbonyl (C=O) groups is 1. The highest BCUT2D eigenvalue weighted by Crippen LogP contribution is 2.30. The number of halogens is 3. The van der Waals surface area contributed by atoms with E-state index in [0.717, 1.165) is 12.1 Å². The quantitative estimate of drug-likeness (QED) is 0.734. The zero-order valence-electron chi connectivity index (χ0n) is 13.1. The lowest BCUT2D eigenvalue weighted by Gasteiger charge is -2.11. The molecule has 0 unspecified atom stereocenters. The minimum absolute atomic E-state index is 0.0354. The van der Waals surface area contributed by atoms with Gasteiger partial charge in [-0.1, -0.05) is 24.3 Å². The maximum absolute atomic E-state index is 12.8. The number of carbonyl (C=O) groups excluding carboxylic acids is 1. The van der Waals surface area contributed by atoms with Crippen LogP contribution in [0.4, 0.5) is 18.9 Å². The molecule has 0 atom stereocenters. The second-order valence-corrected chi connectivity index (χ2v) is 5.53. The normalized spacial score (nSPS) is 11.5. The van der Waals surface area contributed by atoms with Crippen LogP contribution in [-0.2, 0) is 6.18 Å². The van der Waals surface area contributed by atoms with Crippen LogP contribution in [0.15, 0.2) is 53.3 Å². The highest BCUT2D eigenvalue weighted by Gasteiger charge is 2.30. The van der Waals surface area contributed by atoms with Crippen molar-refractivity contribution in [2.45, 2.75) is 13.1 Å². The smallest absolute Gasteiger partial charge is 0.322 e. The number of hydrogen-bond donors (Lipinski definition) is 2. The second kappa shape index (κ2) is 6.08. The number of H-pyrrole nitrogens is 1. The van der Waals surface area contributed by atoms with E-state index in [-0.39, 0.29) is 11.3 Å². The molecular weight excluding hydrogens is 333 g/mol. The fourth-order valence-electron chi connectivity index (χ4n) is 2.65. The summed E-state index contributed by atoms with van der Waals surface area (Å²) in [7, 11) is 0. The van der Waals surface area contributed by atoms with Gasteiger partial charge in [-0.25, -0.2) is 0 Å². The SMILES string of the molecule is Cc1c(C(=O)Nc2cccc(C(F)(F)F)c2)c(=O)[nH]c2ccccc12. The van der Waals surface area contributed by atoms with Gasteiger partial charge in [-0.3, -0.25) is 9.59 Å². The van der Waals surface area contributed by atoms with E-state index in [0.29, 0.717) is 16.5 Å². The molecule has 1 amide bonds. The molecule has 1 heterocycles. The maximum Gasteiger partial charge on any atom is 0.416 e. The molecule has 1 aromatic heterocycles. The van der Waals surface area contributed by atoms with Crippen molar-refractivity contribution in [3.05, 3.63) is 75.6 Å². The fraction of sp³-hybridized carbons (Fsp3) is 0.111. The Kier molecular flexibility index (Phi) is 4.08. The van der Waals surface area contributed by atoms with Crippen LogP contribution in [0.3, 0.4) is 0 Å². The van der Waals surface area contributed by atoms with E-state index in [9.17, 15) is 22.8 Å². The first-order valence-corrected chi connectivity index (χ1v) is 7.37. The molecule has 0 bridgehead atoms. The molecule has 0 spiro atoms. The van der Waals surface area contributed by atoms with Crippen LogP contribution in [-0.4, -0.2) is 10.9 Å². The molecule has 0 saturated carbocycles. The van der Waals surface area contributed by atoms with Crippen LogP contribution in [0, 0.1) is 6.92 Å². The van der Waals surface area contributed by atoms with Gasteiger partial charge in [0.2, 0.25) is 0 Å². The van der Waals surface area contributed by atoms with E-state index in [4.69, 9.17) is 0 Å². The number of amides is 1. The van der Waals surface area contributed by atoms with E-state index >= 15 is 0 Å². The molecule has 128 valence electrons. The molecule has 4 nitrogen and oxygen atoms in total. The monoisotopic (exact) mass is 346 g/mol. The molecule has 0 aliphatic heterocycles. The number of aromatic amines is 1. The summed E-state index contributed by atoms with van der Waals surface area (Å²) in [5, 5.41) is 3.05. The maximum atomic E-state index is 12.8. The molecule has 7 heteroatoms. The van der Waals surface area contributed by atoms with Crippen LogP contribution < -0.4 is 10.9 Å². The molecule has 2 N–H and O–H groups in total. The van der Waals surface area contributed by atoms with E-state index in [1.165, 1.54) is 12.1 Å². The van der Waals surface area contributed by atoms with Gasteiger partial charge in [0.15, 0.2) is 0 Å². The number of para-hydroxylation sites is 1. The van der Waals surface area contributed by atoms with Gasteiger partial charge in [0.25, 0.3) is 11.5 Å². The lowest BCUT2D eigenvalue weighted by Crippen LogP contribution is -2.25. The number of pyridine rings is 1. The van der Waals surface area contributed by atoms with Gasteiger partial charge in [-0.2, -0.15) is 13.2 Å². The van der Waals surface area contributed by atoms with Crippen LogP contribution in [0.5, 0.6) is 0 Å². The van der Waals surface area contributed by atoms with E-state index in [1.54, 1.807) is 31.2 Å². The summed E-state index contributed by atoms with van der Waals surface area (Å²) in [6, 6.07) is 11.2. The third-order valence-electron chi connectivity index (χ3n) is 3.86. The second-order valence-electron chi connectivity index (χ2n) is 5.53. The number of hydrogen-bond acceptors (Lipinski definition) is 2. The molecule has 3 rings (SSSR count). The first-order valence-electron chi connectivity index (χ1n) is 7.37. The van der Waals surface area contributed by atoms with E-state index in [1.807, 2.05) is 0 Å². The molecule has 0 fully saturated rings. The van der Waals surface area contributed by atoms with Crippen LogP contribution in [0.2, 0.25) is 0 Å². The van der Waals surface area contributed by atoms with Crippen molar-refractivity contribution in [1.82, 2.24) is 4.98 Å². The van der Waals surface area contributed by atoms with Crippen molar-refractivity contribution in [3.8, 4) is 0 Å². The van der Waals surface area contributed by atoms with Crippen molar-refractivity contribution in [3.63, 3.8) is 0 Å². The Bertz CT molecular complexity index is 1020. The topological polar surface area (TPSA) is 62.0 Å². The predicted octanol–water partition coefficient (Wildman–Crippen LogP) is 4.11. The van der Waals surface area contributed by atoms with Gasteiger partial charge in [0.05, 0.1) is 5.56 Å². The Hall–Kier alpha value is -3.09. The van der Waals surface area contributed by atoms with Gasteiger partial charge in [0, 0.05) is 16.6 Å². The average Bonchev–Trinajstić information content (AvgIpc) is 2.54. The van der Waals surface area contributed by atoms with Gasteiger partial charge in [0.1, 0.15) is 5.56 Å². The fourth-order valence-corrected chi connectivity index (χ4v) is 2.65. The number of aromatic nitrogens is 1. The van der Waals surface area contributed by atoms with Gasteiger partial charge >= 0.3 is 6.18 Å². The van der Waals surface area contributed by atoms with Crippen molar-refractivity contribution in [1.29, 1.82) is 0 Å². The Morgan fingerprint density at radius 3 is 2.52 bits per heavy atom. The Balaban J connectivity index is 2.00. The Morgan fingerprint density at radius 2 is 1.80 bits per heavy atom. The molecule has 0 aliphatic carbocycles. The number of alkyl halides is 3. The number of aryl methyl sites for hydroxylation is 1. The summed E-state index contributed by atoms with van der Waals surface area (Å²) >= 11 is 0. The lowest BCUT2D eigenvalue weighted by molar-refractivity contribution is -0.137. The summed E-state index contributed by atoms with van der Waals surface area (Å²) in [5.41, 5.74) is -0.595. The van der Waals surface area contributed by atoms with Crippen molar-refractivity contribution in [2.75, 3.05) is 5.32 Å². The predicted molar refractivity (Wildman–Crippen MR) is 88.7 cm³/mol. The summed E-state index contributed by atoms with van der Waals surface area (Å²) in [4.78, 5) is 27.3. The third-order valence-corrected chi connectivity index (χ3v) is 3.86. The number of fused-ring (bicyclic) bond motifs is 1. The van der Waals surface area contributed by atoms with Crippen molar-refractivity contribution < 1.29 is 18.0 Å². The summed E-state index contributed by atoms with van der Waals surface area (Å²) < 4.78 is 38.3. The molecule has 0 saturated heterocycles. The zero-order valence-corrected chi connectivity index (χ0v) is 13.1. The first-order chi connectivity index (χ1) is 11.8. The summed E-state index contributed by atoms with van der Waals surface area (Å²) in [6.45, 7) is 1.62. The molecule has 0 aliphatic rings. The minimum atomic E-state index is -4.52. The molecule has 0 radical (unpaired) electrons. The number of anilines is 1. The minimum Gasteiger partial charge on any atom is -0.322 e. The lowest BCUT2D eigenvalue weighted by atomic mass is 10.0. The first kappa shape index (κ1) is 16.8. The van der Waals surface area contributed by atoms with Crippen LogP contribution in [0.1, 0.15) is 21.5 Å². The summed E-state index contributed by atoms with van der Waals surface area (Å²) in [6.07, 6.45) is -4.52. The number of benzene rings is 2. The van der Waals surface area contributed by atoms with Gasteiger partial charge in [-0.15, -0.1) is 0 Å². The average molecular weight is 346 g/mol. The molecule has 25 heavy (non-hydrogen) atoms. The third kappa shape index (κ3) is 3.26. The van der Waals surface area contributed by atoms with Crippen molar-refractivity contribution >= 4 is 22.5 Å². The number of nitrogens with one attached hydrogen (secondary N) is 2. The number of rotatable bonds is 2. The van der Waals surface area contributed by atoms with E-state index < -0.39 is 23.2 Å². The largest absolute Gasteiger partial charge is 0.416 e. The van der Waals surface area contributed by atoms with Crippen LogP contribution >= 0.6 is 0 Å². The highest BCUT2D eigenvalue weighted by atomic mass is 19.4. The molecule has 3 aromatic rings. The van der Waals surface area contributed by atoms with Crippen molar-refractivity contribution in [2.24, 2.45) is 0 Å². The van der Waals surface area contributed by atoms with Crippen LogP contribution in [0.25, 0.3) is 10.9 Å². The molecular formula is C18H13F3N2O2. The zero-order chi connectivity index (χ0) is 18.2. The Labute approximate surface area is 140 Å². The van der Waals surface area contributed by atoms with Gasteiger partial charge < -0.3 is 10.3 Å². The Morgan fingerprint density at radius 1 is 1.08 bits per heavy atom. The highest BCUT2D eigenvalue weighted by molar-refractivity contribution is 6.07. The molecule has 2 aromatic carbocycles. The van der Waals surface area contributed by atoms with E-state index in [2.05, 4.69) is 10.3 Å².